The fourth-order valence-electron chi connectivity index (χ4n) is 2.73. The Morgan fingerprint density at radius 1 is 1.15 bits per heavy atom. The van der Waals surface area contributed by atoms with Gasteiger partial charge in [0.05, 0.1) is 17.9 Å². The Kier molecular flexibility index (Phi) is 7.70. The standard InChI is InChI=1S/C23H23F3N6O/c1-4-5-12-33-22-28-13-17(14-29-22)19(27-3)11-6-15(2)20-30-21(32-31-20)16-7-9-18(10-8-16)23(24,25)26/h6-11,13-14H,3-5,12H2,1-2H3,(H,30,31,32)/b15-6+,19-11-. The average Bonchev–Trinajstić information content (AvgIpc) is 3.30. The van der Waals surface area contributed by atoms with Gasteiger partial charge in [0.25, 0.3) is 0 Å². The summed E-state index contributed by atoms with van der Waals surface area (Å²) in [6.07, 6.45) is 4.26. The van der Waals surface area contributed by atoms with Crippen LogP contribution in [0, 0.1) is 0 Å². The molecular weight excluding hydrogens is 433 g/mol. The van der Waals surface area contributed by atoms with E-state index in [1.165, 1.54) is 12.1 Å². The van der Waals surface area contributed by atoms with E-state index in [2.05, 4.69) is 43.8 Å². The fourth-order valence-corrected chi connectivity index (χ4v) is 2.73. The van der Waals surface area contributed by atoms with Crippen molar-refractivity contribution in [3.63, 3.8) is 0 Å². The van der Waals surface area contributed by atoms with Gasteiger partial charge >= 0.3 is 12.2 Å². The topological polar surface area (TPSA) is 88.9 Å². The summed E-state index contributed by atoms with van der Waals surface area (Å²) >= 11 is 0. The van der Waals surface area contributed by atoms with Crippen molar-refractivity contribution in [1.29, 1.82) is 0 Å². The lowest BCUT2D eigenvalue weighted by molar-refractivity contribution is -0.137. The zero-order valence-electron chi connectivity index (χ0n) is 18.2. The van der Waals surface area contributed by atoms with Crippen molar-refractivity contribution < 1.29 is 17.9 Å². The van der Waals surface area contributed by atoms with Crippen molar-refractivity contribution in [1.82, 2.24) is 25.1 Å². The van der Waals surface area contributed by atoms with E-state index in [0.29, 0.717) is 46.7 Å². The van der Waals surface area contributed by atoms with Crippen molar-refractivity contribution >= 4 is 18.0 Å². The third kappa shape index (κ3) is 6.34. The summed E-state index contributed by atoms with van der Waals surface area (Å²) < 4.78 is 43.7. The third-order valence-corrected chi connectivity index (χ3v) is 4.64. The molecule has 0 bridgehead atoms. The molecule has 0 aliphatic rings. The normalized spacial score (nSPS) is 12.6. The molecule has 0 spiro atoms. The summed E-state index contributed by atoms with van der Waals surface area (Å²) in [6, 6.07) is 5.02. The number of benzene rings is 1. The lowest BCUT2D eigenvalue weighted by atomic mass is 10.1. The highest BCUT2D eigenvalue weighted by molar-refractivity contribution is 5.72. The van der Waals surface area contributed by atoms with E-state index in [1.54, 1.807) is 31.5 Å². The first kappa shape index (κ1) is 23.8. The van der Waals surface area contributed by atoms with Gasteiger partial charge in [0.15, 0.2) is 11.6 Å². The predicted molar refractivity (Wildman–Crippen MR) is 120 cm³/mol. The molecule has 1 N–H and O–H groups in total. The largest absolute Gasteiger partial charge is 0.463 e. The van der Waals surface area contributed by atoms with Gasteiger partial charge in [-0.25, -0.2) is 15.0 Å². The summed E-state index contributed by atoms with van der Waals surface area (Å²) in [5, 5.41) is 6.89. The van der Waals surface area contributed by atoms with Crippen LogP contribution in [0.3, 0.4) is 0 Å². The molecule has 10 heteroatoms. The number of allylic oxidation sites excluding steroid dienone is 3. The molecule has 0 saturated heterocycles. The Labute approximate surface area is 189 Å². The molecule has 0 saturated carbocycles. The van der Waals surface area contributed by atoms with Crippen molar-refractivity contribution in [3.05, 3.63) is 65.8 Å². The van der Waals surface area contributed by atoms with Crippen LogP contribution in [0.2, 0.25) is 0 Å². The number of H-pyrrole nitrogens is 1. The molecule has 172 valence electrons. The van der Waals surface area contributed by atoms with Crippen LogP contribution in [0.25, 0.3) is 22.7 Å². The van der Waals surface area contributed by atoms with E-state index in [0.717, 1.165) is 25.0 Å². The molecule has 0 radical (unpaired) electrons. The predicted octanol–water partition coefficient (Wildman–Crippen LogP) is 5.60. The number of hydrogen-bond acceptors (Lipinski definition) is 6. The molecule has 2 aromatic heterocycles. The minimum atomic E-state index is -4.39. The lowest BCUT2D eigenvalue weighted by Gasteiger charge is -2.06. The van der Waals surface area contributed by atoms with Gasteiger partial charge in [0, 0.05) is 23.5 Å². The second-order valence-corrected chi connectivity index (χ2v) is 7.10. The first-order valence-electron chi connectivity index (χ1n) is 10.2. The molecule has 0 amide bonds. The zero-order valence-corrected chi connectivity index (χ0v) is 18.2. The number of halogens is 3. The Balaban J connectivity index is 1.73. The van der Waals surface area contributed by atoms with Crippen molar-refractivity contribution in [2.24, 2.45) is 4.99 Å². The molecule has 0 unspecified atom stereocenters. The number of aliphatic imine (C=N–C) groups is 1. The van der Waals surface area contributed by atoms with Crippen LogP contribution in [0.4, 0.5) is 13.2 Å². The van der Waals surface area contributed by atoms with Gasteiger partial charge in [-0.2, -0.15) is 18.3 Å². The number of nitrogens with one attached hydrogen (secondary N) is 1. The molecule has 33 heavy (non-hydrogen) atoms. The SMILES string of the molecule is C=N/C(=C\C=C(/C)c1n[nH]c(-c2ccc(C(F)(F)F)cc2)n1)c1cnc(OCCCC)nc1. The van der Waals surface area contributed by atoms with Crippen LogP contribution < -0.4 is 4.74 Å². The molecule has 1 aromatic carbocycles. The van der Waals surface area contributed by atoms with Crippen molar-refractivity contribution in [2.45, 2.75) is 32.9 Å². The summed E-state index contributed by atoms with van der Waals surface area (Å²) in [7, 11) is 0. The average molecular weight is 456 g/mol. The number of alkyl halides is 3. The van der Waals surface area contributed by atoms with Gasteiger partial charge in [0.1, 0.15) is 0 Å². The summed E-state index contributed by atoms with van der Waals surface area (Å²) in [4.78, 5) is 16.7. The highest BCUT2D eigenvalue weighted by atomic mass is 19.4. The highest BCUT2D eigenvalue weighted by Gasteiger charge is 2.30. The maximum absolute atomic E-state index is 12.7. The van der Waals surface area contributed by atoms with E-state index >= 15 is 0 Å². The summed E-state index contributed by atoms with van der Waals surface area (Å²) in [5.41, 5.74) is 1.70. The van der Waals surface area contributed by atoms with Gasteiger partial charge in [-0.1, -0.05) is 31.6 Å². The Bertz CT molecular complexity index is 1130. The Morgan fingerprint density at radius 3 is 2.45 bits per heavy atom. The number of aromatic amines is 1. The van der Waals surface area contributed by atoms with Crippen LogP contribution in [-0.4, -0.2) is 38.5 Å². The van der Waals surface area contributed by atoms with Gasteiger partial charge in [-0.05, 0) is 43.8 Å². The number of unbranched alkanes of at least 4 members (excludes halogenated alkanes) is 1. The monoisotopic (exact) mass is 456 g/mol. The third-order valence-electron chi connectivity index (χ3n) is 4.64. The maximum Gasteiger partial charge on any atom is 0.416 e. The van der Waals surface area contributed by atoms with E-state index < -0.39 is 11.7 Å². The van der Waals surface area contributed by atoms with E-state index in [1.807, 2.05) is 0 Å². The van der Waals surface area contributed by atoms with Crippen LogP contribution in [0.15, 0.2) is 53.8 Å². The number of nitrogens with zero attached hydrogens (tertiary/aromatic N) is 5. The first-order chi connectivity index (χ1) is 15.8. The smallest absolute Gasteiger partial charge is 0.416 e. The van der Waals surface area contributed by atoms with Crippen LogP contribution >= 0.6 is 0 Å². The van der Waals surface area contributed by atoms with Gasteiger partial charge in [-0.15, -0.1) is 0 Å². The first-order valence-corrected chi connectivity index (χ1v) is 10.2. The number of hydrogen-bond donors (Lipinski definition) is 1. The lowest BCUT2D eigenvalue weighted by Crippen LogP contribution is -2.04. The van der Waals surface area contributed by atoms with Crippen molar-refractivity contribution in [3.8, 4) is 17.4 Å². The summed E-state index contributed by atoms with van der Waals surface area (Å²) in [6.45, 7) is 8.03. The molecule has 3 rings (SSSR count). The molecular formula is C23H23F3N6O. The molecule has 2 heterocycles. The minimum absolute atomic E-state index is 0.304. The van der Waals surface area contributed by atoms with Gasteiger partial charge in [0.2, 0.25) is 0 Å². The van der Waals surface area contributed by atoms with E-state index in [9.17, 15) is 13.2 Å². The second-order valence-electron chi connectivity index (χ2n) is 7.10. The van der Waals surface area contributed by atoms with Crippen LogP contribution in [0.1, 0.15) is 43.6 Å². The molecule has 3 aromatic rings. The number of rotatable bonds is 9. The molecule has 0 atom stereocenters. The second kappa shape index (κ2) is 10.7. The molecule has 0 aliphatic heterocycles. The minimum Gasteiger partial charge on any atom is -0.463 e. The van der Waals surface area contributed by atoms with Crippen LogP contribution in [0.5, 0.6) is 6.01 Å². The van der Waals surface area contributed by atoms with Crippen molar-refractivity contribution in [2.75, 3.05) is 6.61 Å². The number of ether oxygens (including phenoxy) is 1. The van der Waals surface area contributed by atoms with Gasteiger partial charge in [-0.3, -0.25) is 10.1 Å². The molecule has 7 nitrogen and oxygen atoms in total. The van der Waals surface area contributed by atoms with E-state index in [4.69, 9.17) is 4.74 Å². The fraction of sp³-hybridized carbons (Fsp3) is 0.261. The highest BCUT2D eigenvalue weighted by Crippen LogP contribution is 2.30. The molecule has 0 fully saturated rings. The zero-order chi connectivity index (χ0) is 23.8. The molecule has 0 aliphatic carbocycles. The Hall–Kier alpha value is -3.82. The number of aromatic nitrogens is 5. The van der Waals surface area contributed by atoms with E-state index in [-0.39, 0.29) is 0 Å². The van der Waals surface area contributed by atoms with Gasteiger partial charge < -0.3 is 4.74 Å². The quantitative estimate of drug-likeness (QED) is 0.257. The maximum atomic E-state index is 12.7. The summed E-state index contributed by atoms with van der Waals surface area (Å²) in [5.74, 6) is 0.769. The Morgan fingerprint density at radius 2 is 1.85 bits per heavy atom. The van der Waals surface area contributed by atoms with Crippen LogP contribution in [-0.2, 0) is 6.18 Å².